The van der Waals surface area contributed by atoms with Gasteiger partial charge in [-0.25, -0.2) is 14.2 Å². The zero-order valence-corrected chi connectivity index (χ0v) is 18.0. The average Bonchev–Trinajstić information content (AvgIpc) is 3.09. The number of benzene rings is 2. The number of fused-ring (bicyclic) bond motifs is 3. The van der Waals surface area contributed by atoms with Crippen LogP contribution in [0.3, 0.4) is 0 Å². The molecule has 0 bridgehead atoms. The molecule has 2 heterocycles. The minimum Gasteiger partial charge on any atom is -0.444 e. The van der Waals surface area contributed by atoms with Crippen LogP contribution in [0.15, 0.2) is 30.3 Å². The van der Waals surface area contributed by atoms with E-state index in [-0.39, 0.29) is 23.7 Å². The molecule has 3 aromatic rings. The van der Waals surface area contributed by atoms with E-state index in [0.29, 0.717) is 31.1 Å². The summed E-state index contributed by atoms with van der Waals surface area (Å²) in [5, 5.41) is 5.17. The van der Waals surface area contributed by atoms with Crippen LogP contribution in [0.2, 0.25) is 0 Å². The number of piperidine rings is 1. The molecule has 2 aromatic carbocycles. The molecule has 1 aliphatic rings. The topological polar surface area (TPSA) is 71.5 Å². The third-order valence-electron chi connectivity index (χ3n) is 5.08. The van der Waals surface area contributed by atoms with Gasteiger partial charge in [0, 0.05) is 24.4 Å². The molecule has 0 saturated carbocycles. The maximum atomic E-state index is 13.5. The lowest BCUT2D eigenvalue weighted by atomic mass is 9.96. The largest absolute Gasteiger partial charge is 0.444 e. The summed E-state index contributed by atoms with van der Waals surface area (Å²) in [5.41, 5.74) is 0.239. The van der Waals surface area contributed by atoms with Crippen LogP contribution in [0.1, 0.15) is 33.6 Å². The van der Waals surface area contributed by atoms with E-state index < -0.39 is 5.60 Å². The van der Waals surface area contributed by atoms with E-state index >= 15 is 0 Å². The van der Waals surface area contributed by atoms with Crippen molar-refractivity contribution in [3.8, 4) is 0 Å². The van der Waals surface area contributed by atoms with E-state index in [1.165, 1.54) is 23.5 Å². The number of hydrogen-bond donors (Lipinski definition) is 1. The molecular weight excluding hydrogens is 405 g/mol. The highest BCUT2D eigenvalue weighted by atomic mass is 32.1. The first kappa shape index (κ1) is 20.5. The quantitative estimate of drug-likeness (QED) is 0.610. The van der Waals surface area contributed by atoms with E-state index in [0.717, 1.165) is 21.0 Å². The number of thiazole rings is 1. The molecule has 8 heteroatoms. The fraction of sp³-hybridized carbons (Fsp3) is 0.409. The van der Waals surface area contributed by atoms with Crippen molar-refractivity contribution in [1.29, 1.82) is 0 Å². The van der Waals surface area contributed by atoms with Gasteiger partial charge < -0.3 is 15.0 Å². The van der Waals surface area contributed by atoms with E-state index in [2.05, 4.69) is 10.3 Å². The highest BCUT2D eigenvalue weighted by Crippen LogP contribution is 2.33. The minimum atomic E-state index is -0.534. The predicted molar refractivity (Wildman–Crippen MR) is 116 cm³/mol. The number of rotatable bonds is 2. The van der Waals surface area contributed by atoms with Crippen molar-refractivity contribution in [2.24, 2.45) is 5.92 Å². The summed E-state index contributed by atoms with van der Waals surface area (Å²) in [6.07, 6.45) is 0.826. The predicted octanol–water partition coefficient (Wildman–Crippen LogP) is 5.17. The number of aromatic nitrogens is 1. The smallest absolute Gasteiger partial charge is 0.410 e. The second-order valence-corrected chi connectivity index (χ2v) is 9.53. The van der Waals surface area contributed by atoms with Crippen molar-refractivity contribution in [2.45, 2.75) is 39.2 Å². The first-order valence-corrected chi connectivity index (χ1v) is 10.8. The van der Waals surface area contributed by atoms with Gasteiger partial charge in [-0.05, 0) is 63.3 Å². The number of nitrogens with zero attached hydrogens (tertiary/aromatic N) is 2. The van der Waals surface area contributed by atoms with Crippen LogP contribution in [-0.2, 0) is 9.53 Å². The molecule has 1 fully saturated rings. The number of amides is 2. The number of ether oxygens (including phenoxy) is 1. The zero-order valence-electron chi connectivity index (χ0n) is 17.2. The summed E-state index contributed by atoms with van der Waals surface area (Å²) in [7, 11) is 0. The first-order chi connectivity index (χ1) is 14.2. The Kier molecular flexibility index (Phi) is 5.36. The molecule has 6 nitrogen and oxygen atoms in total. The summed E-state index contributed by atoms with van der Waals surface area (Å²) in [4.78, 5) is 31.1. The highest BCUT2D eigenvalue weighted by molar-refractivity contribution is 7.23. The molecule has 0 atom stereocenters. The van der Waals surface area contributed by atoms with Crippen LogP contribution in [0.4, 0.5) is 14.3 Å². The van der Waals surface area contributed by atoms with Crippen molar-refractivity contribution >= 4 is 49.5 Å². The van der Waals surface area contributed by atoms with E-state index in [1.54, 1.807) is 11.0 Å². The molecule has 2 amide bonds. The van der Waals surface area contributed by atoms with Crippen LogP contribution in [0.25, 0.3) is 21.0 Å². The number of carbonyl (C=O) groups is 2. The Hall–Kier alpha value is -2.74. The average molecular weight is 430 g/mol. The molecule has 1 N–H and O–H groups in total. The Bertz CT molecular complexity index is 1110. The van der Waals surface area contributed by atoms with E-state index in [1.807, 2.05) is 32.9 Å². The Morgan fingerprint density at radius 1 is 1.20 bits per heavy atom. The lowest BCUT2D eigenvalue weighted by molar-refractivity contribution is -0.121. The molecule has 0 unspecified atom stereocenters. The standard InChI is InChI=1S/C22H24FN3O3S/c1-22(2,3)29-21(28)26-10-8-13(9-11-26)19(27)25-20-24-17-7-4-14-12-15(23)5-6-16(14)18(17)30-20/h4-7,12-13H,8-11H2,1-3H3,(H,24,25,27). The number of carbonyl (C=O) groups excluding carboxylic acids is 2. The third-order valence-corrected chi connectivity index (χ3v) is 6.10. The number of anilines is 1. The van der Waals surface area contributed by atoms with Gasteiger partial charge in [0.25, 0.3) is 0 Å². The van der Waals surface area contributed by atoms with Gasteiger partial charge in [-0.2, -0.15) is 0 Å². The molecule has 158 valence electrons. The van der Waals surface area contributed by atoms with Gasteiger partial charge in [-0.3, -0.25) is 4.79 Å². The van der Waals surface area contributed by atoms with Gasteiger partial charge in [0.1, 0.15) is 11.4 Å². The number of halogens is 1. The molecule has 1 saturated heterocycles. The van der Waals surface area contributed by atoms with Gasteiger partial charge in [-0.15, -0.1) is 0 Å². The Balaban J connectivity index is 1.41. The van der Waals surface area contributed by atoms with Gasteiger partial charge in [-0.1, -0.05) is 17.4 Å². The molecule has 0 spiro atoms. The fourth-order valence-corrected chi connectivity index (χ4v) is 4.60. The monoisotopic (exact) mass is 429 g/mol. The number of hydrogen-bond acceptors (Lipinski definition) is 5. The summed E-state index contributed by atoms with van der Waals surface area (Å²) in [6, 6.07) is 8.33. The van der Waals surface area contributed by atoms with Gasteiger partial charge in [0.05, 0.1) is 10.2 Å². The first-order valence-electron chi connectivity index (χ1n) is 9.97. The SMILES string of the molecule is CC(C)(C)OC(=O)N1CCC(C(=O)Nc2nc3ccc4cc(F)ccc4c3s2)CC1. The Morgan fingerprint density at radius 3 is 2.63 bits per heavy atom. The maximum absolute atomic E-state index is 13.5. The van der Waals surface area contributed by atoms with Crippen molar-refractivity contribution in [2.75, 3.05) is 18.4 Å². The van der Waals surface area contributed by atoms with E-state index in [9.17, 15) is 14.0 Å². The zero-order chi connectivity index (χ0) is 21.5. The van der Waals surface area contributed by atoms with Crippen molar-refractivity contribution in [3.63, 3.8) is 0 Å². The van der Waals surface area contributed by atoms with Crippen molar-refractivity contribution < 1.29 is 18.7 Å². The molecule has 1 aliphatic heterocycles. The summed E-state index contributed by atoms with van der Waals surface area (Å²) >= 11 is 1.39. The normalized spacial score (nSPS) is 15.5. The third kappa shape index (κ3) is 4.38. The van der Waals surface area contributed by atoms with Crippen LogP contribution >= 0.6 is 11.3 Å². The molecule has 0 aliphatic carbocycles. The van der Waals surface area contributed by atoms with Crippen molar-refractivity contribution in [3.05, 3.63) is 36.1 Å². The number of nitrogens with one attached hydrogen (secondary N) is 1. The lowest BCUT2D eigenvalue weighted by Crippen LogP contribution is -2.43. The van der Waals surface area contributed by atoms with Crippen LogP contribution in [-0.4, -0.2) is 40.6 Å². The Morgan fingerprint density at radius 2 is 1.93 bits per heavy atom. The molecule has 30 heavy (non-hydrogen) atoms. The molecule has 4 rings (SSSR count). The van der Waals surface area contributed by atoms with E-state index in [4.69, 9.17) is 4.74 Å². The Labute approximate surface area is 178 Å². The fourth-order valence-electron chi connectivity index (χ4n) is 3.60. The second-order valence-electron chi connectivity index (χ2n) is 8.53. The summed E-state index contributed by atoms with van der Waals surface area (Å²) < 4.78 is 19.8. The number of likely N-dealkylation sites (tertiary alicyclic amines) is 1. The van der Waals surface area contributed by atoms with Gasteiger partial charge in [0.15, 0.2) is 5.13 Å². The highest BCUT2D eigenvalue weighted by Gasteiger charge is 2.30. The molecular formula is C22H24FN3O3S. The lowest BCUT2D eigenvalue weighted by Gasteiger charge is -2.32. The van der Waals surface area contributed by atoms with Crippen molar-refractivity contribution in [1.82, 2.24) is 9.88 Å². The second kappa shape index (κ2) is 7.83. The van der Waals surface area contributed by atoms with Crippen LogP contribution < -0.4 is 5.32 Å². The maximum Gasteiger partial charge on any atom is 0.410 e. The van der Waals surface area contributed by atoms with Crippen LogP contribution in [0.5, 0.6) is 0 Å². The van der Waals surface area contributed by atoms with Crippen LogP contribution in [0, 0.1) is 11.7 Å². The molecule has 1 aromatic heterocycles. The minimum absolute atomic E-state index is 0.0896. The molecule has 0 radical (unpaired) electrons. The summed E-state index contributed by atoms with van der Waals surface area (Å²) in [6.45, 7) is 6.49. The van der Waals surface area contributed by atoms with Gasteiger partial charge in [0.2, 0.25) is 5.91 Å². The van der Waals surface area contributed by atoms with Gasteiger partial charge >= 0.3 is 6.09 Å². The summed E-state index contributed by atoms with van der Waals surface area (Å²) in [5.74, 6) is -0.549.